The van der Waals surface area contributed by atoms with E-state index in [4.69, 9.17) is 5.11 Å². The molecule has 2 aromatic carbocycles. The molecule has 0 aliphatic rings. The summed E-state index contributed by atoms with van der Waals surface area (Å²) in [5.41, 5.74) is 2.74. The molecule has 1 nitrogen and oxygen atoms in total. The summed E-state index contributed by atoms with van der Waals surface area (Å²) in [6.45, 7) is 12.0. The maximum Gasteiger partial charge on any atom is 0.0319 e. The fraction of sp³-hybridized carbons (Fsp3) is 0.400. The molecular formula is C20H34O. The van der Waals surface area contributed by atoms with Gasteiger partial charge >= 0.3 is 0 Å². The zero-order valence-electron chi connectivity index (χ0n) is 14.9. The average Bonchev–Trinajstić information content (AvgIpc) is 2.64. The van der Waals surface area contributed by atoms with Gasteiger partial charge in [0.15, 0.2) is 0 Å². The lowest BCUT2D eigenvalue weighted by molar-refractivity contribution is 0.399. The summed E-state index contributed by atoms with van der Waals surface area (Å²) in [7, 11) is 1.00. The van der Waals surface area contributed by atoms with E-state index in [0.29, 0.717) is 0 Å². The van der Waals surface area contributed by atoms with E-state index in [2.05, 4.69) is 60.7 Å². The lowest BCUT2D eigenvalue weighted by Crippen LogP contribution is -1.85. The molecule has 0 saturated carbocycles. The van der Waals surface area contributed by atoms with E-state index in [1.807, 2.05) is 41.5 Å². The minimum absolute atomic E-state index is 1.00. The summed E-state index contributed by atoms with van der Waals surface area (Å²) in [4.78, 5) is 0. The largest absolute Gasteiger partial charge is 0.400 e. The Bertz CT molecular complexity index is 317. The molecule has 2 aromatic rings. The smallest absolute Gasteiger partial charge is 0.0319 e. The summed E-state index contributed by atoms with van der Waals surface area (Å²) < 4.78 is 0. The first kappa shape index (κ1) is 24.4. The first-order valence-corrected chi connectivity index (χ1v) is 7.98. The van der Waals surface area contributed by atoms with Crippen molar-refractivity contribution in [3.63, 3.8) is 0 Å². The molecule has 0 atom stereocenters. The number of rotatable bonds is 2. The molecule has 0 aromatic heterocycles. The fourth-order valence-electron chi connectivity index (χ4n) is 1.43. The molecule has 1 heteroatoms. The number of aliphatic hydroxyl groups excluding tert-OH is 1. The second-order valence-corrected chi connectivity index (χ2v) is 3.15. The number of hydrogen-bond acceptors (Lipinski definition) is 1. The van der Waals surface area contributed by atoms with Crippen molar-refractivity contribution < 1.29 is 5.11 Å². The fourth-order valence-corrected chi connectivity index (χ4v) is 1.43. The average molecular weight is 290 g/mol. The van der Waals surface area contributed by atoms with Crippen LogP contribution < -0.4 is 0 Å². The van der Waals surface area contributed by atoms with Gasteiger partial charge in [0.25, 0.3) is 0 Å². The lowest BCUT2D eigenvalue weighted by Gasteiger charge is -2.00. The summed E-state index contributed by atoms with van der Waals surface area (Å²) in [6.07, 6.45) is 1.03. The third-order valence-corrected chi connectivity index (χ3v) is 2.09. The molecule has 0 aliphatic heterocycles. The van der Waals surface area contributed by atoms with E-state index < -0.39 is 0 Å². The Kier molecular flexibility index (Phi) is 27.3. The zero-order valence-corrected chi connectivity index (χ0v) is 14.9. The minimum Gasteiger partial charge on any atom is -0.400 e. The second kappa shape index (κ2) is 23.5. The maximum atomic E-state index is 7.00. The van der Waals surface area contributed by atoms with Crippen molar-refractivity contribution >= 4 is 0 Å². The summed E-state index contributed by atoms with van der Waals surface area (Å²) in [6, 6.07) is 21.1. The van der Waals surface area contributed by atoms with Gasteiger partial charge in [-0.2, -0.15) is 0 Å². The van der Waals surface area contributed by atoms with Crippen molar-refractivity contribution in [2.45, 2.75) is 48.0 Å². The van der Waals surface area contributed by atoms with Gasteiger partial charge in [0.1, 0.15) is 0 Å². The Morgan fingerprint density at radius 1 is 0.524 bits per heavy atom. The van der Waals surface area contributed by atoms with Crippen LogP contribution in [0.2, 0.25) is 0 Å². The maximum absolute atomic E-state index is 7.00. The van der Waals surface area contributed by atoms with Gasteiger partial charge in [0.2, 0.25) is 0 Å². The number of aliphatic hydroxyl groups is 1. The monoisotopic (exact) mass is 290 g/mol. The van der Waals surface area contributed by atoms with Crippen LogP contribution in [0.3, 0.4) is 0 Å². The van der Waals surface area contributed by atoms with Crippen LogP contribution in [0.5, 0.6) is 0 Å². The number of hydrogen-bond donors (Lipinski definition) is 1. The van der Waals surface area contributed by atoms with Crippen molar-refractivity contribution in [1.82, 2.24) is 0 Å². The van der Waals surface area contributed by atoms with Crippen LogP contribution in [0, 0.1) is 0 Å². The van der Waals surface area contributed by atoms with E-state index >= 15 is 0 Å². The lowest BCUT2D eigenvalue weighted by atomic mass is 10.1. The highest BCUT2D eigenvalue weighted by Gasteiger charge is 1.92. The van der Waals surface area contributed by atoms with Crippen molar-refractivity contribution in [2.24, 2.45) is 0 Å². The number of benzene rings is 2. The van der Waals surface area contributed by atoms with Crippen LogP contribution in [0.15, 0.2) is 60.7 Å². The Hall–Kier alpha value is -1.60. The summed E-state index contributed by atoms with van der Waals surface area (Å²) in [5, 5.41) is 7.00. The molecule has 2 rings (SSSR count). The first-order chi connectivity index (χ1) is 10.4. The highest BCUT2D eigenvalue weighted by Crippen LogP contribution is 2.07. The quantitative estimate of drug-likeness (QED) is 0.723. The molecule has 21 heavy (non-hydrogen) atoms. The van der Waals surface area contributed by atoms with Crippen LogP contribution in [0.25, 0.3) is 0 Å². The van der Waals surface area contributed by atoms with Crippen LogP contribution in [0.1, 0.15) is 52.7 Å². The van der Waals surface area contributed by atoms with Crippen LogP contribution in [-0.2, 0) is 6.42 Å². The standard InChI is InChI=1S/C13H12.3C2H6.CH4O/c1-3-7-12(8-4-1)11-13-9-5-2-6-10-13;4*1-2/h1-10H,11H2;3*1-2H3;2H,1H3. The van der Waals surface area contributed by atoms with Gasteiger partial charge in [-0.1, -0.05) is 102 Å². The van der Waals surface area contributed by atoms with Crippen LogP contribution in [0.4, 0.5) is 0 Å². The summed E-state index contributed by atoms with van der Waals surface area (Å²) in [5.74, 6) is 0. The molecule has 0 amide bonds. The predicted octanol–water partition coefficient (Wildman–Crippen LogP) is 5.96. The Morgan fingerprint density at radius 3 is 1.00 bits per heavy atom. The Labute approximate surface area is 132 Å². The van der Waals surface area contributed by atoms with Gasteiger partial charge < -0.3 is 5.11 Å². The van der Waals surface area contributed by atoms with Gasteiger partial charge in [-0.05, 0) is 17.5 Å². The summed E-state index contributed by atoms with van der Waals surface area (Å²) >= 11 is 0. The van der Waals surface area contributed by atoms with E-state index in [1.54, 1.807) is 0 Å². The molecule has 0 saturated heterocycles. The van der Waals surface area contributed by atoms with Crippen molar-refractivity contribution in [1.29, 1.82) is 0 Å². The SMILES string of the molecule is CC.CC.CC.CO.c1ccc(Cc2ccccc2)cc1. The third kappa shape index (κ3) is 14.6. The molecule has 0 bridgehead atoms. The normalized spacial score (nSPS) is 7.24. The van der Waals surface area contributed by atoms with Crippen LogP contribution in [-0.4, -0.2) is 12.2 Å². The first-order valence-electron chi connectivity index (χ1n) is 7.98. The van der Waals surface area contributed by atoms with Crippen molar-refractivity contribution in [3.8, 4) is 0 Å². The molecule has 0 fully saturated rings. The highest BCUT2D eigenvalue weighted by atomic mass is 16.2. The van der Waals surface area contributed by atoms with Gasteiger partial charge in [0.05, 0.1) is 0 Å². The molecule has 0 spiro atoms. The Balaban J connectivity index is -0.000000353. The minimum atomic E-state index is 1.00. The molecular weight excluding hydrogens is 256 g/mol. The molecule has 1 N–H and O–H groups in total. The topological polar surface area (TPSA) is 20.2 Å². The van der Waals surface area contributed by atoms with Gasteiger partial charge in [-0.3, -0.25) is 0 Å². The van der Waals surface area contributed by atoms with Crippen LogP contribution >= 0.6 is 0 Å². The van der Waals surface area contributed by atoms with Gasteiger partial charge in [-0.15, -0.1) is 0 Å². The zero-order chi connectivity index (χ0) is 16.9. The Morgan fingerprint density at radius 2 is 0.762 bits per heavy atom. The second-order valence-electron chi connectivity index (χ2n) is 3.15. The molecule has 0 heterocycles. The molecule has 0 radical (unpaired) electrons. The van der Waals surface area contributed by atoms with E-state index in [0.717, 1.165) is 13.5 Å². The highest BCUT2D eigenvalue weighted by molar-refractivity contribution is 5.25. The van der Waals surface area contributed by atoms with Crippen molar-refractivity contribution in [2.75, 3.05) is 7.11 Å². The van der Waals surface area contributed by atoms with E-state index in [1.165, 1.54) is 11.1 Å². The van der Waals surface area contributed by atoms with E-state index in [9.17, 15) is 0 Å². The molecule has 0 aliphatic carbocycles. The van der Waals surface area contributed by atoms with E-state index in [-0.39, 0.29) is 0 Å². The van der Waals surface area contributed by atoms with Gasteiger partial charge in [-0.25, -0.2) is 0 Å². The van der Waals surface area contributed by atoms with Crippen molar-refractivity contribution in [3.05, 3.63) is 71.8 Å². The molecule has 0 unspecified atom stereocenters. The third-order valence-electron chi connectivity index (χ3n) is 2.09. The molecule has 120 valence electrons. The predicted molar refractivity (Wildman–Crippen MR) is 97.9 cm³/mol. The van der Waals surface area contributed by atoms with Gasteiger partial charge in [0, 0.05) is 7.11 Å².